The first-order valence-electron chi connectivity index (χ1n) is 10.9. The van der Waals surface area contributed by atoms with Gasteiger partial charge >= 0.3 is 0 Å². The van der Waals surface area contributed by atoms with Crippen molar-refractivity contribution < 1.29 is 9.47 Å². The van der Waals surface area contributed by atoms with E-state index in [-0.39, 0.29) is 6.29 Å². The fourth-order valence-corrected chi connectivity index (χ4v) is 3.16. The van der Waals surface area contributed by atoms with Crippen LogP contribution >= 0.6 is 15.9 Å². The Morgan fingerprint density at radius 1 is 0.731 bits per heavy atom. The predicted molar refractivity (Wildman–Crippen MR) is 119 cm³/mol. The van der Waals surface area contributed by atoms with E-state index < -0.39 is 0 Å². The van der Waals surface area contributed by atoms with E-state index in [2.05, 4.69) is 54.1 Å². The Hall–Kier alpha value is -0.120. The van der Waals surface area contributed by atoms with Crippen LogP contribution in [0.1, 0.15) is 97.3 Å². The van der Waals surface area contributed by atoms with Crippen LogP contribution in [0.5, 0.6) is 0 Å². The van der Waals surface area contributed by atoms with Gasteiger partial charge in [-0.2, -0.15) is 0 Å². The lowest BCUT2D eigenvalue weighted by molar-refractivity contribution is -0.148. The normalized spacial score (nSPS) is 13.2. The third-order valence-electron chi connectivity index (χ3n) is 4.35. The molecule has 0 saturated heterocycles. The van der Waals surface area contributed by atoms with Gasteiger partial charge in [0.05, 0.1) is 0 Å². The number of halogens is 1. The zero-order chi connectivity index (χ0) is 19.1. The molecule has 0 N–H and O–H groups in total. The van der Waals surface area contributed by atoms with Crippen molar-refractivity contribution in [2.45, 2.75) is 104 Å². The maximum Gasteiger partial charge on any atom is 0.157 e. The molecule has 0 aliphatic carbocycles. The third kappa shape index (κ3) is 20.2. The second kappa shape index (κ2) is 22.9. The van der Waals surface area contributed by atoms with E-state index in [1.54, 1.807) is 0 Å². The molecule has 0 radical (unpaired) electrons. The van der Waals surface area contributed by atoms with Gasteiger partial charge in [-0.05, 0) is 71.1 Å². The highest BCUT2D eigenvalue weighted by molar-refractivity contribution is 9.09. The first-order chi connectivity index (χ1) is 12.8. The summed E-state index contributed by atoms with van der Waals surface area (Å²) in [7, 11) is 0. The van der Waals surface area contributed by atoms with Crippen LogP contribution in [-0.2, 0) is 9.47 Å². The molecule has 0 aliphatic heterocycles. The van der Waals surface area contributed by atoms with Crippen LogP contribution in [0.3, 0.4) is 0 Å². The van der Waals surface area contributed by atoms with E-state index in [1.807, 2.05) is 0 Å². The lowest BCUT2D eigenvalue weighted by Gasteiger charge is -2.19. The molecule has 0 aromatic rings. The second-order valence-corrected chi connectivity index (χ2v) is 7.65. The van der Waals surface area contributed by atoms with Gasteiger partial charge in [-0.15, -0.1) is 0 Å². The van der Waals surface area contributed by atoms with Gasteiger partial charge in [0.2, 0.25) is 0 Å². The molecular formula is C23H43BrO2. The molecule has 0 heterocycles. The highest BCUT2D eigenvalue weighted by Crippen LogP contribution is 2.13. The van der Waals surface area contributed by atoms with Crippen LogP contribution in [0.2, 0.25) is 0 Å². The van der Waals surface area contributed by atoms with E-state index in [0.29, 0.717) is 0 Å². The Morgan fingerprint density at radius 3 is 2.04 bits per heavy atom. The Balaban J connectivity index is 3.83. The SMILES string of the molecule is C/C=C/CCCCCOC(CCCCCCBr)OCCCC/C=C\CC. The summed E-state index contributed by atoms with van der Waals surface area (Å²) in [5.41, 5.74) is 0. The molecule has 3 heteroatoms. The van der Waals surface area contributed by atoms with Crippen LogP contribution in [0.4, 0.5) is 0 Å². The summed E-state index contributed by atoms with van der Waals surface area (Å²) in [4.78, 5) is 0. The van der Waals surface area contributed by atoms with Crippen molar-refractivity contribution in [3.63, 3.8) is 0 Å². The second-order valence-electron chi connectivity index (χ2n) is 6.86. The minimum atomic E-state index is 0.000641. The Labute approximate surface area is 171 Å². The lowest BCUT2D eigenvalue weighted by Crippen LogP contribution is -2.19. The van der Waals surface area contributed by atoms with E-state index in [0.717, 1.165) is 44.2 Å². The van der Waals surface area contributed by atoms with Crippen molar-refractivity contribution in [1.82, 2.24) is 0 Å². The monoisotopic (exact) mass is 430 g/mol. The van der Waals surface area contributed by atoms with Crippen LogP contribution in [0.15, 0.2) is 24.3 Å². The zero-order valence-electron chi connectivity index (χ0n) is 17.4. The zero-order valence-corrected chi connectivity index (χ0v) is 19.0. The first-order valence-corrected chi connectivity index (χ1v) is 12.0. The smallest absolute Gasteiger partial charge is 0.157 e. The summed E-state index contributed by atoms with van der Waals surface area (Å²) >= 11 is 3.50. The molecule has 1 unspecified atom stereocenters. The maximum atomic E-state index is 6.04. The number of alkyl halides is 1. The molecule has 2 nitrogen and oxygen atoms in total. The standard InChI is InChI=1S/C23H43BrO2/c1-3-5-7-9-13-17-21-25-23(19-15-11-12-16-20-24)26-22-18-14-10-8-6-4-2/h3,5-6,8,23H,4,7,9-22H2,1-2H3/b5-3+,8-6-. The number of hydrogen-bond donors (Lipinski definition) is 0. The van der Waals surface area contributed by atoms with E-state index in [4.69, 9.17) is 9.47 Å². The predicted octanol–water partition coefficient (Wildman–Crippen LogP) is 7.96. The topological polar surface area (TPSA) is 18.5 Å². The number of unbranched alkanes of at least 4 members (excludes halogenated alkanes) is 8. The van der Waals surface area contributed by atoms with Crippen LogP contribution in [0, 0.1) is 0 Å². The molecule has 154 valence electrons. The molecule has 0 amide bonds. The van der Waals surface area contributed by atoms with Crippen LogP contribution in [-0.4, -0.2) is 24.8 Å². The summed E-state index contributed by atoms with van der Waals surface area (Å²) in [6.45, 7) is 5.93. The third-order valence-corrected chi connectivity index (χ3v) is 4.91. The summed E-state index contributed by atoms with van der Waals surface area (Å²) in [5, 5.41) is 1.11. The van der Waals surface area contributed by atoms with Gasteiger partial charge in [0, 0.05) is 18.5 Å². The molecule has 0 bridgehead atoms. The summed E-state index contributed by atoms with van der Waals surface area (Å²) < 4.78 is 12.1. The Kier molecular flexibility index (Phi) is 22.8. The molecule has 0 saturated carbocycles. The van der Waals surface area contributed by atoms with E-state index in [1.165, 1.54) is 57.8 Å². The van der Waals surface area contributed by atoms with Gasteiger partial charge in [-0.1, -0.05) is 66.4 Å². The van der Waals surface area contributed by atoms with Gasteiger partial charge in [-0.25, -0.2) is 0 Å². The van der Waals surface area contributed by atoms with Gasteiger partial charge in [0.25, 0.3) is 0 Å². The average Bonchev–Trinajstić information content (AvgIpc) is 2.65. The summed E-state index contributed by atoms with van der Waals surface area (Å²) in [6, 6.07) is 0. The van der Waals surface area contributed by atoms with Crippen molar-refractivity contribution in [3.05, 3.63) is 24.3 Å². The van der Waals surface area contributed by atoms with Crippen molar-refractivity contribution in [3.8, 4) is 0 Å². The Morgan fingerprint density at radius 2 is 1.35 bits per heavy atom. The molecule has 26 heavy (non-hydrogen) atoms. The largest absolute Gasteiger partial charge is 0.353 e. The minimum absolute atomic E-state index is 0.000641. The van der Waals surface area contributed by atoms with Gasteiger partial charge in [-0.3, -0.25) is 0 Å². The van der Waals surface area contributed by atoms with Crippen molar-refractivity contribution in [1.29, 1.82) is 0 Å². The molecule has 1 atom stereocenters. The van der Waals surface area contributed by atoms with Crippen LogP contribution in [0.25, 0.3) is 0 Å². The van der Waals surface area contributed by atoms with Crippen molar-refractivity contribution >= 4 is 15.9 Å². The minimum Gasteiger partial charge on any atom is -0.353 e. The fraction of sp³-hybridized carbons (Fsp3) is 0.826. The number of hydrogen-bond acceptors (Lipinski definition) is 2. The molecule has 0 fully saturated rings. The molecular weight excluding hydrogens is 388 g/mol. The van der Waals surface area contributed by atoms with Gasteiger partial charge < -0.3 is 9.47 Å². The first kappa shape index (κ1) is 25.9. The van der Waals surface area contributed by atoms with Crippen molar-refractivity contribution in [2.75, 3.05) is 18.5 Å². The van der Waals surface area contributed by atoms with Crippen molar-refractivity contribution in [2.24, 2.45) is 0 Å². The molecule has 0 aliphatic rings. The molecule has 0 spiro atoms. The number of rotatable bonds is 20. The molecule has 0 aromatic heterocycles. The average molecular weight is 431 g/mol. The summed E-state index contributed by atoms with van der Waals surface area (Å²) in [6.07, 6.45) is 24.5. The van der Waals surface area contributed by atoms with Crippen LogP contribution < -0.4 is 0 Å². The highest BCUT2D eigenvalue weighted by Gasteiger charge is 2.09. The van der Waals surface area contributed by atoms with E-state index in [9.17, 15) is 0 Å². The number of ether oxygens (including phenoxy) is 2. The number of allylic oxidation sites excluding steroid dienone is 4. The van der Waals surface area contributed by atoms with E-state index >= 15 is 0 Å². The maximum absolute atomic E-state index is 6.04. The molecule has 0 rings (SSSR count). The molecule has 0 aromatic carbocycles. The summed E-state index contributed by atoms with van der Waals surface area (Å²) in [5.74, 6) is 0. The Bertz CT molecular complexity index is 315. The highest BCUT2D eigenvalue weighted by atomic mass is 79.9. The van der Waals surface area contributed by atoms with Gasteiger partial charge in [0.1, 0.15) is 0 Å². The fourth-order valence-electron chi connectivity index (χ4n) is 2.76. The quantitative estimate of drug-likeness (QED) is 0.0842. The lowest BCUT2D eigenvalue weighted by atomic mass is 10.1. The van der Waals surface area contributed by atoms with Gasteiger partial charge in [0.15, 0.2) is 6.29 Å².